The molecule has 1 saturated heterocycles. The van der Waals surface area contributed by atoms with Crippen LogP contribution in [0, 0.1) is 0 Å². The number of nitrogens with two attached hydrogens (primary N) is 1. The smallest absolute Gasteiger partial charge is 0.250 e. The number of aromatic amines is 1. The molecule has 28 heavy (non-hydrogen) atoms. The van der Waals surface area contributed by atoms with Crippen LogP contribution in [0.1, 0.15) is 67.8 Å². The van der Waals surface area contributed by atoms with E-state index in [9.17, 15) is 9.00 Å². The van der Waals surface area contributed by atoms with E-state index in [0.717, 1.165) is 56.1 Å². The van der Waals surface area contributed by atoms with Gasteiger partial charge in [0.1, 0.15) is 5.75 Å². The third-order valence-corrected chi connectivity index (χ3v) is 6.94. The second-order valence-corrected chi connectivity index (χ2v) is 9.11. The largest absolute Gasteiger partial charge is 0.494 e. The molecule has 0 saturated carbocycles. The van der Waals surface area contributed by atoms with E-state index in [0.29, 0.717) is 29.6 Å². The number of hydrogen-bond acceptors (Lipinski definition) is 3. The fourth-order valence-corrected chi connectivity index (χ4v) is 4.92. The summed E-state index contributed by atoms with van der Waals surface area (Å²) in [5.41, 5.74) is 8.07. The summed E-state index contributed by atoms with van der Waals surface area (Å²) in [5, 5.41) is 1.01. The number of piperidine rings is 1. The Morgan fingerprint density at radius 3 is 2.68 bits per heavy atom. The number of fused-ring (bicyclic) bond motifs is 1. The van der Waals surface area contributed by atoms with Gasteiger partial charge in [-0.3, -0.25) is 4.79 Å². The Labute approximate surface area is 169 Å². The average Bonchev–Trinajstić information content (AvgIpc) is 3.14. The van der Waals surface area contributed by atoms with E-state index in [1.165, 1.54) is 5.56 Å². The highest BCUT2D eigenvalue weighted by atomic mass is 32.2. The Morgan fingerprint density at radius 2 is 2.04 bits per heavy atom. The van der Waals surface area contributed by atoms with Gasteiger partial charge in [0.25, 0.3) is 5.91 Å². The summed E-state index contributed by atoms with van der Waals surface area (Å²) < 4.78 is 20.0. The third-order valence-electron chi connectivity index (χ3n) is 5.51. The number of primary amides is 1. The molecule has 2 heterocycles. The van der Waals surface area contributed by atoms with E-state index < -0.39 is 16.9 Å². The fourth-order valence-electron chi connectivity index (χ4n) is 3.94. The molecule has 154 valence electrons. The van der Waals surface area contributed by atoms with Crippen molar-refractivity contribution < 1.29 is 13.7 Å². The van der Waals surface area contributed by atoms with Crippen molar-refractivity contribution in [1.82, 2.24) is 9.29 Å². The van der Waals surface area contributed by atoms with Crippen molar-refractivity contribution in [3.63, 3.8) is 0 Å². The first kappa shape index (κ1) is 20.9. The van der Waals surface area contributed by atoms with Crippen LogP contribution in [0.25, 0.3) is 10.9 Å². The van der Waals surface area contributed by atoms with Gasteiger partial charge in [0.05, 0.1) is 28.7 Å². The summed E-state index contributed by atoms with van der Waals surface area (Å²) in [7, 11) is -0.877. The maximum Gasteiger partial charge on any atom is 0.250 e. The van der Waals surface area contributed by atoms with E-state index in [2.05, 4.69) is 16.2 Å². The maximum atomic E-state index is 12.0. The van der Waals surface area contributed by atoms with Gasteiger partial charge in [0.15, 0.2) is 0 Å². The second kappa shape index (κ2) is 9.56. The van der Waals surface area contributed by atoms with Crippen LogP contribution in [0.5, 0.6) is 5.75 Å². The minimum Gasteiger partial charge on any atom is -0.494 e. The number of rotatable bonds is 9. The number of benzene rings is 1. The fraction of sp³-hybridized carbons (Fsp3) is 0.571. The molecule has 3 rings (SSSR count). The number of carbonyl (C=O) groups excluding carboxylic acids is 1. The van der Waals surface area contributed by atoms with Gasteiger partial charge in [-0.15, -0.1) is 0 Å². The molecule has 7 heteroatoms. The molecule has 1 aliphatic rings. The van der Waals surface area contributed by atoms with Crippen LogP contribution < -0.4 is 10.5 Å². The van der Waals surface area contributed by atoms with Crippen molar-refractivity contribution in [2.75, 3.05) is 25.4 Å². The minimum atomic E-state index is -0.877. The van der Waals surface area contributed by atoms with Crippen molar-refractivity contribution in [1.29, 1.82) is 0 Å². The highest BCUT2D eigenvalue weighted by Gasteiger charge is 2.26. The normalized spacial score (nSPS) is 17.1. The van der Waals surface area contributed by atoms with Gasteiger partial charge < -0.3 is 15.5 Å². The Kier molecular flexibility index (Phi) is 7.13. The predicted octanol–water partition coefficient (Wildman–Crippen LogP) is 3.70. The molecule has 1 aliphatic heterocycles. The number of nitrogens with one attached hydrogen (secondary N) is 1. The molecule has 3 N–H and O–H groups in total. The monoisotopic (exact) mass is 405 g/mol. The van der Waals surface area contributed by atoms with Crippen molar-refractivity contribution in [2.45, 2.75) is 51.9 Å². The zero-order valence-corrected chi connectivity index (χ0v) is 17.6. The minimum absolute atomic E-state index is 0.370. The number of amides is 1. The Bertz CT molecular complexity index is 841. The van der Waals surface area contributed by atoms with Gasteiger partial charge in [0.2, 0.25) is 0 Å². The van der Waals surface area contributed by atoms with Crippen LogP contribution in [0.15, 0.2) is 18.3 Å². The molecular formula is C21H31N3O3S. The van der Waals surface area contributed by atoms with Gasteiger partial charge in [-0.2, -0.15) is 0 Å². The van der Waals surface area contributed by atoms with Gasteiger partial charge in [-0.1, -0.05) is 26.7 Å². The molecule has 6 nitrogen and oxygen atoms in total. The number of nitrogens with zero attached hydrogens (tertiary/aromatic N) is 1. The molecular weight excluding hydrogens is 374 g/mol. The molecule has 1 unspecified atom stereocenters. The first-order valence-corrected chi connectivity index (χ1v) is 11.5. The second-order valence-electron chi connectivity index (χ2n) is 7.37. The summed E-state index contributed by atoms with van der Waals surface area (Å²) in [5.74, 6) is 1.28. The maximum absolute atomic E-state index is 12.0. The topological polar surface area (TPSA) is 88.4 Å². The number of hydrogen-bond donors (Lipinski definition) is 2. The third kappa shape index (κ3) is 4.58. The zero-order valence-electron chi connectivity index (χ0n) is 16.8. The number of unbranched alkanes of at least 4 members (excludes halogenated alkanes) is 2. The van der Waals surface area contributed by atoms with Gasteiger partial charge in [-0.05, 0) is 42.9 Å². The number of aromatic nitrogens is 1. The van der Waals surface area contributed by atoms with Crippen molar-refractivity contribution in [3.8, 4) is 5.75 Å². The van der Waals surface area contributed by atoms with Crippen LogP contribution in [0.4, 0.5) is 0 Å². The molecule has 1 aromatic carbocycles. The van der Waals surface area contributed by atoms with E-state index in [-0.39, 0.29) is 0 Å². The first-order chi connectivity index (χ1) is 13.5. The standard InChI is InChI=1S/C21H31N3O3S/c1-3-5-6-11-27-16-12-17-19(14-23-20(17)18(13-16)21(22)25)15-7-9-24(10-8-15)28(26)4-2/h12-15,23H,3-11H2,1-2H3,(H2,22,25). The van der Waals surface area contributed by atoms with E-state index in [1.54, 1.807) is 6.07 Å². The molecule has 1 fully saturated rings. The Morgan fingerprint density at radius 1 is 1.29 bits per heavy atom. The predicted molar refractivity (Wildman–Crippen MR) is 114 cm³/mol. The summed E-state index contributed by atoms with van der Waals surface area (Å²) in [6.07, 6.45) is 7.15. The quantitative estimate of drug-likeness (QED) is 0.624. The summed E-state index contributed by atoms with van der Waals surface area (Å²) in [6, 6.07) is 3.76. The van der Waals surface area contributed by atoms with Crippen LogP contribution in [-0.2, 0) is 11.0 Å². The van der Waals surface area contributed by atoms with Gasteiger partial charge >= 0.3 is 0 Å². The molecule has 0 spiro atoms. The summed E-state index contributed by atoms with van der Waals surface area (Å²) in [6.45, 7) is 6.40. The van der Waals surface area contributed by atoms with Crippen molar-refractivity contribution in [2.24, 2.45) is 5.73 Å². The summed E-state index contributed by atoms with van der Waals surface area (Å²) in [4.78, 5) is 15.2. The van der Waals surface area contributed by atoms with Gasteiger partial charge in [-0.25, -0.2) is 8.51 Å². The molecule has 0 radical (unpaired) electrons. The molecule has 1 amide bonds. The molecule has 1 aromatic heterocycles. The lowest BCUT2D eigenvalue weighted by Crippen LogP contribution is -2.35. The average molecular weight is 406 g/mol. The highest BCUT2D eigenvalue weighted by molar-refractivity contribution is 7.82. The zero-order chi connectivity index (χ0) is 20.1. The molecule has 0 bridgehead atoms. The molecule has 1 atom stereocenters. The van der Waals surface area contributed by atoms with Crippen LogP contribution in [0.3, 0.4) is 0 Å². The van der Waals surface area contributed by atoms with E-state index in [4.69, 9.17) is 10.5 Å². The lowest BCUT2D eigenvalue weighted by atomic mass is 9.89. The highest BCUT2D eigenvalue weighted by Crippen LogP contribution is 2.36. The van der Waals surface area contributed by atoms with Crippen LogP contribution in [0.2, 0.25) is 0 Å². The Hall–Kier alpha value is -1.86. The van der Waals surface area contributed by atoms with E-state index in [1.807, 2.05) is 19.2 Å². The SMILES string of the molecule is CCCCCOc1cc(C(N)=O)c2[nH]cc(C3CCN(S(=O)CC)CC3)c2c1. The van der Waals surface area contributed by atoms with E-state index >= 15 is 0 Å². The number of ether oxygens (including phenoxy) is 1. The number of carbonyl (C=O) groups is 1. The van der Waals surface area contributed by atoms with Crippen LogP contribution in [-0.4, -0.2) is 44.9 Å². The number of H-pyrrole nitrogens is 1. The molecule has 2 aromatic rings. The Balaban J connectivity index is 1.84. The van der Waals surface area contributed by atoms with Crippen LogP contribution >= 0.6 is 0 Å². The lowest BCUT2D eigenvalue weighted by Gasteiger charge is -2.30. The van der Waals surface area contributed by atoms with Crippen molar-refractivity contribution >= 4 is 27.8 Å². The van der Waals surface area contributed by atoms with Gasteiger partial charge in [0, 0.05) is 30.4 Å². The lowest BCUT2D eigenvalue weighted by molar-refractivity contribution is 0.100. The first-order valence-electron chi connectivity index (χ1n) is 10.3. The van der Waals surface area contributed by atoms with Crippen molar-refractivity contribution in [3.05, 3.63) is 29.5 Å². The molecule has 0 aliphatic carbocycles. The summed E-state index contributed by atoms with van der Waals surface area (Å²) >= 11 is 0.